The largest absolute Gasteiger partial charge is 0.480 e. The number of pyridine rings is 1. The predicted molar refractivity (Wildman–Crippen MR) is 98.6 cm³/mol. The van der Waals surface area contributed by atoms with E-state index in [1.54, 1.807) is 30.3 Å². The molecule has 0 amide bonds. The lowest BCUT2D eigenvalue weighted by molar-refractivity contribution is -0.141. The van der Waals surface area contributed by atoms with E-state index in [2.05, 4.69) is 4.98 Å². The van der Waals surface area contributed by atoms with Gasteiger partial charge in [0.05, 0.1) is 0 Å². The molecule has 6 nitrogen and oxygen atoms in total. The van der Waals surface area contributed by atoms with Crippen molar-refractivity contribution in [2.75, 3.05) is 0 Å². The molecule has 1 heterocycles. The molecular weight excluding hydrogens is 356 g/mol. The zero-order chi connectivity index (χ0) is 18.9. The Kier molecular flexibility index (Phi) is 4.63. The molecule has 0 saturated heterocycles. The van der Waals surface area contributed by atoms with Crippen molar-refractivity contribution < 1.29 is 14.7 Å². The third kappa shape index (κ3) is 3.24. The first-order valence-corrected chi connectivity index (χ1v) is 8.12. The summed E-state index contributed by atoms with van der Waals surface area (Å²) in [6.07, 6.45) is -0.441. The highest BCUT2D eigenvalue weighted by molar-refractivity contribution is 6.30. The Labute approximate surface area is 153 Å². The summed E-state index contributed by atoms with van der Waals surface area (Å²) in [6.45, 7) is 0. The maximum atomic E-state index is 12.7. The fourth-order valence-corrected chi connectivity index (χ4v) is 2.86. The summed E-state index contributed by atoms with van der Waals surface area (Å²) in [5.74, 6) is -2.31. The number of halogens is 1. The van der Waals surface area contributed by atoms with Crippen LogP contribution in [-0.4, -0.2) is 27.4 Å². The highest BCUT2D eigenvalue weighted by Crippen LogP contribution is 2.20. The van der Waals surface area contributed by atoms with Gasteiger partial charge in [-0.15, -0.1) is 0 Å². The van der Waals surface area contributed by atoms with Gasteiger partial charge in [0.15, 0.2) is 11.3 Å². The molecular formula is C19H15ClN2O4. The fraction of sp³-hybridized carbons (Fsp3) is 0.105. The van der Waals surface area contributed by atoms with Crippen LogP contribution in [0.1, 0.15) is 15.9 Å². The van der Waals surface area contributed by atoms with E-state index >= 15 is 0 Å². The van der Waals surface area contributed by atoms with Gasteiger partial charge in [-0.2, -0.15) is 0 Å². The van der Waals surface area contributed by atoms with Crippen molar-refractivity contribution in [1.29, 1.82) is 0 Å². The second kappa shape index (κ2) is 6.74. The first kappa shape index (κ1) is 17.8. The maximum Gasteiger partial charge on any atom is 0.332 e. The van der Waals surface area contributed by atoms with Gasteiger partial charge in [-0.1, -0.05) is 29.8 Å². The van der Waals surface area contributed by atoms with Crippen LogP contribution in [0.3, 0.4) is 0 Å². The predicted octanol–water partition coefficient (Wildman–Crippen LogP) is 2.39. The van der Waals surface area contributed by atoms with E-state index in [1.165, 1.54) is 24.3 Å². The number of aromatic nitrogens is 1. The van der Waals surface area contributed by atoms with Crippen molar-refractivity contribution >= 4 is 34.3 Å². The molecule has 0 spiro atoms. The van der Waals surface area contributed by atoms with Gasteiger partial charge in [-0.3, -0.25) is 9.59 Å². The van der Waals surface area contributed by atoms with Gasteiger partial charge < -0.3 is 15.8 Å². The number of aliphatic carboxylic acids is 1. The highest BCUT2D eigenvalue weighted by Gasteiger charge is 2.43. The molecule has 0 aliphatic rings. The second-order valence-electron chi connectivity index (χ2n) is 6.00. The highest BCUT2D eigenvalue weighted by atomic mass is 35.5. The number of carbonyl (C=O) groups is 2. The third-order valence-electron chi connectivity index (χ3n) is 4.19. The van der Waals surface area contributed by atoms with E-state index in [9.17, 15) is 19.5 Å². The summed E-state index contributed by atoms with van der Waals surface area (Å²) in [7, 11) is 0. The van der Waals surface area contributed by atoms with Crippen molar-refractivity contribution in [1.82, 2.24) is 4.98 Å². The van der Waals surface area contributed by atoms with E-state index in [0.717, 1.165) is 0 Å². The number of carboxylic acid groups (broad SMARTS) is 1. The molecule has 26 heavy (non-hydrogen) atoms. The minimum Gasteiger partial charge on any atom is -0.480 e. The van der Waals surface area contributed by atoms with Crippen LogP contribution in [0.5, 0.6) is 0 Å². The van der Waals surface area contributed by atoms with Gasteiger partial charge in [-0.05, 0) is 41.8 Å². The van der Waals surface area contributed by atoms with Crippen molar-refractivity contribution in [3.8, 4) is 0 Å². The zero-order valence-electron chi connectivity index (χ0n) is 13.5. The number of carboxylic acids is 1. The van der Waals surface area contributed by atoms with Crippen LogP contribution in [0.2, 0.25) is 5.02 Å². The number of hydrogen-bond acceptors (Lipinski definition) is 4. The summed E-state index contributed by atoms with van der Waals surface area (Å²) in [4.78, 5) is 39.5. The first-order valence-electron chi connectivity index (χ1n) is 7.75. The molecule has 0 fully saturated rings. The Morgan fingerprint density at radius 2 is 1.77 bits per heavy atom. The lowest BCUT2D eigenvalue weighted by Gasteiger charge is -2.23. The molecule has 2 aromatic carbocycles. The molecule has 1 aromatic heterocycles. The molecule has 0 aliphatic carbocycles. The van der Waals surface area contributed by atoms with E-state index in [-0.39, 0.29) is 11.1 Å². The zero-order valence-corrected chi connectivity index (χ0v) is 14.3. The fourth-order valence-electron chi connectivity index (χ4n) is 2.74. The summed E-state index contributed by atoms with van der Waals surface area (Å²) < 4.78 is 0. The molecule has 0 radical (unpaired) electrons. The molecule has 7 heteroatoms. The molecule has 4 N–H and O–H groups in total. The van der Waals surface area contributed by atoms with Gasteiger partial charge in [0.2, 0.25) is 0 Å². The number of ketones is 1. The topological polar surface area (TPSA) is 113 Å². The monoisotopic (exact) mass is 370 g/mol. The average molecular weight is 371 g/mol. The molecule has 1 atom stereocenters. The molecule has 3 rings (SSSR count). The minimum atomic E-state index is -2.27. The number of fused-ring (bicyclic) bond motifs is 1. The number of para-hydroxylation sites is 1. The smallest absolute Gasteiger partial charge is 0.332 e. The van der Waals surface area contributed by atoms with Crippen LogP contribution in [0.4, 0.5) is 0 Å². The standard InChI is InChI=1S/C19H15ClN2O4/c20-14-7-5-11(6-8-14)16(23)19(21,18(25)26)10-13-9-12-3-1-2-4-15(12)22-17(13)24/h1-9H,10,21H2,(H,22,24)(H,25,26). The van der Waals surface area contributed by atoms with Crippen LogP contribution in [0.15, 0.2) is 59.4 Å². The number of benzene rings is 2. The van der Waals surface area contributed by atoms with Crippen LogP contribution in [0.25, 0.3) is 10.9 Å². The first-order chi connectivity index (χ1) is 12.3. The van der Waals surface area contributed by atoms with E-state index in [1.807, 2.05) is 0 Å². The van der Waals surface area contributed by atoms with Gasteiger partial charge in [-0.25, -0.2) is 4.79 Å². The van der Waals surface area contributed by atoms with Crippen molar-refractivity contribution in [2.45, 2.75) is 12.0 Å². The third-order valence-corrected chi connectivity index (χ3v) is 4.44. The van der Waals surface area contributed by atoms with Crippen molar-refractivity contribution in [3.63, 3.8) is 0 Å². The Hall–Kier alpha value is -2.96. The van der Waals surface area contributed by atoms with E-state index in [4.69, 9.17) is 17.3 Å². The van der Waals surface area contributed by atoms with E-state index < -0.39 is 29.3 Å². The summed E-state index contributed by atoms with van der Waals surface area (Å²) in [5, 5.41) is 10.7. The number of H-pyrrole nitrogens is 1. The SMILES string of the molecule is NC(Cc1cc2ccccc2[nH]c1=O)(C(=O)O)C(=O)c1ccc(Cl)cc1. The summed E-state index contributed by atoms with van der Waals surface area (Å²) >= 11 is 5.79. The van der Waals surface area contributed by atoms with Crippen LogP contribution >= 0.6 is 11.6 Å². The summed E-state index contributed by atoms with van der Waals surface area (Å²) in [6, 6.07) is 14.4. The number of rotatable bonds is 5. The summed E-state index contributed by atoms with van der Waals surface area (Å²) in [5.41, 5.74) is 4.05. The molecule has 3 aromatic rings. The lowest BCUT2D eigenvalue weighted by atomic mass is 9.84. The van der Waals surface area contributed by atoms with Crippen LogP contribution in [0, 0.1) is 0 Å². The maximum absolute atomic E-state index is 12.7. The molecule has 1 unspecified atom stereocenters. The number of hydrogen-bond donors (Lipinski definition) is 3. The average Bonchev–Trinajstić information content (AvgIpc) is 2.62. The van der Waals surface area contributed by atoms with Crippen LogP contribution in [-0.2, 0) is 11.2 Å². The minimum absolute atomic E-state index is 0.108. The van der Waals surface area contributed by atoms with Crippen molar-refractivity contribution in [3.05, 3.63) is 81.1 Å². The lowest BCUT2D eigenvalue weighted by Crippen LogP contribution is -2.57. The number of nitrogens with two attached hydrogens (primary N) is 1. The molecule has 0 saturated carbocycles. The van der Waals surface area contributed by atoms with Gasteiger partial charge in [0, 0.05) is 28.1 Å². The quantitative estimate of drug-likeness (QED) is 0.471. The van der Waals surface area contributed by atoms with Gasteiger partial charge >= 0.3 is 5.97 Å². The number of carbonyl (C=O) groups excluding carboxylic acids is 1. The number of nitrogens with one attached hydrogen (secondary N) is 1. The normalized spacial score (nSPS) is 13.3. The van der Waals surface area contributed by atoms with E-state index in [0.29, 0.717) is 15.9 Å². The van der Waals surface area contributed by atoms with Crippen molar-refractivity contribution in [2.24, 2.45) is 5.73 Å². The Balaban J connectivity index is 2.04. The van der Waals surface area contributed by atoms with Crippen LogP contribution < -0.4 is 11.3 Å². The van der Waals surface area contributed by atoms with Gasteiger partial charge in [0.1, 0.15) is 0 Å². The number of Topliss-reactive ketones (excluding diaryl/α,β-unsaturated/α-hetero) is 1. The van der Waals surface area contributed by atoms with Gasteiger partial charge in [0.25, 0.3) is 5.56 Å². The Bertz CT molecular complexity index is 1060. The second-order valence-corrected chi connectivity index (χ2v) is 6.44. The Morgan fingerprint density at radius 1 is 1.12 bits per heavy atom. The number of aromatic amines is 1. The molecule has 0 bridgehead atoms. The molecule has 132 valence electrons. The Morgan fingerprint density at radius 3 is 2.42 bits per heavy atom. The molecule has 0 aliphatic heterocycles.